The first kappa shape index (κ1) is 17.7. The van der Waals surface area contributed by atoms with Crippen LogP contribution < -0.4 is 0 Å². The highest BCUT2D eigenvalue weighted by Gasteiger charge is 2.26. The fourth-order valence-electron chi connectivity index (χ4n) is 2.94. The second-order valence-electron chi connectivity index (χ2n) is 7.66. The van der Waals surface area contributed by atoms with Gasteiger partial charge in [-0.3, -0.25) is 4.79 Å². The Morgan fingerprint density at radius 3 is 2.38 bits per heavy atom. The van der Waals surface area contributed by atoms with E-state index in [1.54, 1.807) is 0 Å². The van der Waals surface area contributed by atoms with Gasteiger partial charge in [0.1, 0.15) is 6.29 Å². The maximum atomic E-state index is 10.4. The fraction of sp³-hybridized carbons (Fsp3) is 0.550. The minimum atomic E-state index is 0.0665. The molecular weight excluding hydrogens is 256 g/mol. The van der Waals surface area contributed by atoms with Crippen molar-refractivity contribution in [2.45, 2.75) is 60.8 Å². The molecule has 0 aromatic heterocycles. The van der Waals surface area contributed by atoms with E-state index in [2.05, 4.69) is 53.7 Å². The molecule has 0 fully saturated rings. The predicted octanol–water partition coefficient (Wildman–Crippen LogP) is 5.80. The van der Waals surface area contributed by atoms with Gasteiger partial charge in [-0.05, 0) is 54.2 Å². The van der Waals surface area contributed by atoms with Crippen molar-refractivity contribution >= 4 is 6.29 Å². The first-order chi connectivity index (χ1) is 9.68. The molecule has 0 bridgehead atoms. The number of allylic oxidation sites excluding steroid dienone is 8. The summed E-state index contributed by atoms with van der Waals surface area (Å²) >= 11 is 0. The van der Waals surface area contributed by atoms with Crippen molar-refractivity contribution in [1.82, 2.24) is 0 Å². The zero-order valence-electron chi connectivity index (χ0n) is 14.5. The lowest BCUT2D eigenvalue weighted by Crippen LogP contribution is -2.19. The van der Waals surface area contributed by atoms with Gasteiger partial charge >= 0.3 is 0 Å². The summed E-state index contributed by atoms with van der Waals surface area (Å²) in [5, 5.41) is 0. The molecule has 0 heterocycles. The molecular formula is C20H30O. The highest BCUT2D eigenvalue weighted by Crippen LogP contribution is 2.41. The quantitative estimate of drug-likeness (QED) is 0.363. The molecule has 116 valence electrons. The van der Waals surface area contributed by atoms with Crippen LogP contribution in [0.3, 0.4) is 0 Å². The monoisotopic (exact) mass is 286 g/mol. The second-order valence-corrected chi connectivity index (χ2v) is 7.66. The Kier molecular flexibility index (Phi) is 5.95. The van der Waals surface area contributed by atoms with Gasteiger partial charge in [-0.2, -0.15) is 0 Å². The molecule has 0 radical (unpaired) electrons. The smallest absolute Gasteiger partial charge is 0.142 e. The van der Waals surface area contributed by atoms with E-state index in [0.29, 0.717) is 0 Å². The predicted molar refractivity (Wildman–Crippen MR) is 92.2 cm³/mol. The Hall–Kier alpha value is -1.37. The molecule has 0 saturated heterocycles. The van der Waals surface area contributed by atoms with Crippen molar-refractivity contribution < 1.29 is 4.79 Å². The standard InChI is InChI=1S/C20H30O/c1-16-10-9-14-20(5,6)18(16)13-12-17(19(2,3)4)11-7-8-15-21/h7-8,11-13,15H,9-10,14H2,1-6H3. The SMILES string of the molecule is CC1=C(C=CC(=CC=CC=O)C(C)(C)C)C(C)(C)CCC1. The molecule has 0 atom stereocenters. The van der Waals surface area contributed by atoms with Crippen molar-refractivity contribution in [3.05, 3.63) is 47.1 Å². The van der Waals surface area contributed by atoms with Crippen LogP contribution in [-0.2, 0) is 4.79 Å². The molecule has 0 aliphatic heterocycles. The molecule has 0 spiro atoms. The van der Waals surface area contributed by atoms with Crippen LogP contribution in [0.2, 0.25) is 0 Å². The largest absolute Gasteiger partial charge is 0.299 e. The number of aldehydes is 1. The normalized spacial score (nSPS) is 20.6. The number of rotatable bonds is 4. The summed E-state index contributed by atoms with van der Waals surface area (Å²) in [6.07, 6.45) is 14.5. The molecule has 1 rings (SSSR count). The topological polar surface area (TPSA) is 17.1 Å². The summed E-state index contributed by atoms with van der Waals surface area (Å²) in [6, 6.07) is 0. The van der Waals surface area contributed by atoms with Gasteiger partial charge in [0.2, 0.25) is 0 Å². The first-order valence-corrected chi connectivity index (χ1v) is 7.89. The van der Waals surface area contributed by atoms with Gasteiger partial charge in [0.25, 0.3) is 0 Å². The summed E-state index contributed by atoms with van der Waals surface area (Å²) in [4.78, 5) is 10.4. The van der Waals surface area contributed by atoms with Crippen molar-refractivity contribution in [2.24, 2.45) is 10.8 Å². The fourth-order valence-corrected chi connectivity index (χ4v) is 2.94. The molecule has 1 heteroatoms. The van der Waals surface area contributed by atoms with Crippen molar-refractivity contribution in [2.75, 3.05) is 0 Å². The van der Waals surface area contributed by atoms with Gasteiger partial charge < -0.3 is 0 Å². The molecule has 1 nitrogen and oxygen atoms in total. The first-order valence-electron chi connectivity index (χ1n) is 7.89. The van der Waals surface area contributed by atoms with Crippen molar-refractivity contribution in [3.63, 3.8) is 0 Å². The zero-order chi connectivity index (χ0) is 16.1. The molecule has 1 aliphatic rings. The number of hydrogen-bond acceptors (Lipinski definition) is 1. The lowest BCUT2D eigenvalue weighted by Gasteiger charge is -2.33. The second kappa shape index (κ2) is 7.06. The number of carbonyl (C=O) groups excluding carboxylic acids is 1. The van der Waals surface area contributed by atoms with E-state index in [4.69, 9.17) is 0 Å². The van der Waals surface area contributed by atoms with Crippen molar-refractivity contribution in [3.8, 4) is 0 Å². The molecule has 21 heavy (non-hydrogen) atoms. The van der Waals surface area contributed by atoms with Crippen molar-refractivity contribution in [1.29, 1.82) is 0 Å². The van der Waals surface area contributed by atoms with Crippen LogP contribution in [0.15, 0.2) is 47.1 Å². The summed E-state index contributed by atoms with van der Waals surface area (Å²) in [5.74, 6) is 0. The lowest BCUT2D eigenvalue weighted by atomic mass is 9.72. The average molecular weight is 286 g/mol. The lowest BCUT2D eigenvalue weighted by molar-refractivity contribution is -0.104. The van der Waals surface area contributed by atoms with E-state index in [1.165, 1.54) is 42.1 Å². The molecule has 0 N–H and O–H groups in total. The maximum Gasteiger partial charge on any atom is 0.142 e. The minimum Gasteiger partial charge on any atom is -0.299 e. The molecule has 0 aromatic carbocycles. The average Bonchev–Trinajstić information content (AvgIpc) is 2.34. The number of hydrogen-bond donors (Lipinski definition) is 0. The Morgan fingerprint density at radius 2 is 1.86 bits per heavy atom. The van der Waals surface area contributed by atoms with Gasteiger partial charge in [0.15, 0.2) is 0 Å². The van der Waals surface area contributed by atoms with Gasteiger partial charge in [-0.15, -0.1) is 0 Å². The van der Waals surface area contributed by atoms with Gasteiger partial charge in [-0.1, -0.05) is 64.5 Å². The summed E-state index contributed by atoms with van der Waals surface area (Å²) in [7, 11) is 0. The third-order valence-corrected chi connectivity index (χ3v) is 4.30. The van der Waals surface area contributed by atoms with E-state index >= 15 is 0 Å². The van der Waals surface area contributed by atoms with Crippen LogP contribution in [0.5, 0.6) is 0 Å². The van der Waals surface area contributed by atoms with Gasteiger partial charge in [0, 0.05) is 0 Å². The molecule has 0 aromatic rings. The van der Waals surface area contributed by atoms with E-state index in [1.807, 2.05) is 12.2 Å². The Bertz CT molecular complexity index is 490. The minimum absolute atomic E-state index is 0.0665. The maximum absolute atomic E-state index is 10.4. The van der Waals surface area contributed by atoms with E-state index in [-0.39, 0.29) is 10.8 Å². The third-order valence-electron chi connectivity index (χ3n) is 4.30. The molecule has 0 unspecified atom stereocenters. The van der Waals surface area contributed by atoms with Crippen LogP contribution in [0, 0.1) is 10.8 Å². The molecule has 1 aliphatic carbocycles. The van der Waals surface area contributed by atoms with Gasteiger partial charge in [0.05, 0.1) is 0 Å². The van der Waals surface area contributed by atoms with Crippen LogP contribution in [0.1, 0.15) is 60.8 Å². The van der Waals surface area contributed by atoms with Crippen LogP contribution in [0.25, 0.3) is 0 Å². The Labute approximate surface area is 130 Å². The van der Waals surface area contributed by atoms with Gasteiger partial charge in [-0.25, -0.2) is 0 Å². The summed E-state index contributed by atoms with van der Waals surface area (Å²) in [6.45, 7) is 13.5. The Morgan fingerprint density at radius 1 is 1.19 bits per heavy atom. The van der Waals surface area contributed by atoms with E-state index in [0.717, 1.165) is 6.29 Å². The Balaban J connectivity index is 3.11. The highest BCUT2D eigenvalue weighted by atomic mass is 16.1. The van der Waals surface area contributed by atoms with Crippen LogP contribution in [-0.4, -0.2) is 6.29 Å². The molecule has 0 saturated carbocycles. The summed E-state index contributed by atoms with van der Waals surface area (Å²) < 4.78 is 0. The van der Waals surface area contributed by atoms with Crippen LogP contribution >= 0.6 is 0 Å². The number of carbonyl (C=O) groups is 1. The third kappa shape index (κ3) is 5.15. The molecule has 0 amide bonds. The van der Waals surface area contributed by atoms with Crippen LogP contribution in [0.4, 0.5) is 0 Å². The highest BCUT2D eigenvalue weighted by molar-refractivity contribution is 5.65. The van der Waals surface area contributed by atoms with E-state index in [9.17, 15) is 4.79 Å². The van der Waals surface area contributed by atoms with E-state index < -0.39 is 0 Å². The zero-order valence-corrected chi connectivity index (χ0v) is 14.5. The summed E-state index contributed by atoms with van der Waals surface area (Å²) in [5.41, 5.74) is 4.56.